The summed E-state index contributed by atoms with van der Waals surface area (Å²) in [5.74, 6) is 0. The smallest absolute Gasteiger partial charge is 0.138 e. The second-order valence-corrected chi connectivity index (χ2v) is 9.54. The molecule has 0 amide bonds. The van der Waals surface area contributed by atoms with Crippen molar-refractivity contribution in [3.8, 4) is 11.1 Å². The van der Waals surface area contributed by atoms with Crippen molar-refractivity contribution < 1.29 is 0 Å². The summed E-state index contributed by atoms with van der Waals surface area (Å²) in [6.07, 6.45) is 4.14. The number of fused-ring (bicyclic) bond motifs is 3. The molecule has 1 aliphatic heterocycles. The van der Waals surface area contributed by atoms with Gasteiger partial charge in [0, 0.05) is 54.4 Å². The van der Waals surface area contributed by atoms with E-state index in [-0.39, 0.29) is 0 Å². The molecule has 3 heterocycles. The van der Waals surface area contributed by atoms with Crippen LogP contribution < -0.4 is 4.90 Å². The van der Waals surface area contributed by atoms with Gasteiger partial charge in [-0.1, -0.05) is 54.6 Å². The molecule has 5 aromatic rings. The van der Waals surface area contributed by atoms with Crippen LogP contribution in [0.5, 0.6) is 0 Å². The van der Waals surface area contributed by atoms with E-state index in [1.807, 2.05) is 6.20 Å². The van der Waals surface area contributed by atoms with Crippen molar-refractivity contribution in [2.24, 2.45) is 0 Å². The first-order chi connectivity index (χ1) is 17.2. The van der Waals surface area contributed by atoms with Crippen LogP contribution in [-0.4, -0.2) is 48.1 Å². The second-order valence-electron chi connectivity index (χ2n) is 9.54. The lowest BCUT2D eigenvalue weighted by Crippen LogP contribution is -2.44. The number of anilines is 1. The minimum atomic E-state index is 0.931. The van der Waals surface area contributed by atoms with Gasteiger partial charge >= 0.3 is 0 Å². The Morgan fingerprint density at radius 1 is 0.857 bits per heavy atom. The number of piperazine rings is 1. The molecule has 1 saturated heterocycles. The van der Waals surface area contributed by atoms with Gasteiger partial charge in [-0.15, -0.1) is 0 Å². The number of nitrogens with zero attached hydrogens (tertiary/aromatic N) is 3. The number of rotatable bonds is 4. The minimum Gasteiger partial charge on any atom is -0.369 e. The first-order valence-corrected chi connectivity index (χ1v) is 12.3. The van der Waals surface area contributed by atoms with Gasteiger partial charge in [-0.25, -0.2) is 4.98 Å². The molecule has 0 atom stereocenters. The third kappa shape index (κ3) is 4.22. The van der Waals surface area contributed by atoms with Crippen LogP contribution in [0.15, 0.2) is 85.1 Å². The normalized spacial score (nSPS) is 15.3. The van der Waals surface area contributed by atoms with Crippen LogP contribution in [0.25, 0.3) is 44.7 Å². The van der Waals surface area contributed by atoms with Gasteiger partial charge in [-0.2, -0.15) is 0 Å². The largest absolute Gasteiger partial charge is 0.369 e. The van der Waals surface area contributed by atoms with Crippen molar-refractivity contribution in [1.82, 2.24) is 14.9 Å². The van der Waals surface area contributed by atoms with Crippen molar-refractivity contribution in [1.29, 1.82) is 0 Å². The van der Waals surface area contributed by atoms with E-state index in [1.54, 1.807) is 0 Å². The topological polar surface area (TPSA) is 35.2 Å². The average molecular weight is 459 g/mol. The first-order valence-electron chi connectivity index (χ1n) is 12.3. The van der Waals surface area contributed by atoms with E-state index < -0.39 is 0 Å². The van der Waals surface area contributed by atoms with Gasteiger partial charge in [0.25, 0.3) is 0 Å². The maximum atomic E-state index is 4.65. The van der Waals surface area contributed by atoms with Gasteiger partial charge in [0.1, 0.15) is 5.65 Å². The lowest BCUT2D eigenvalue weighted by Gasteiger charge is -2.34. The first kappa shape index (κ1) is 21.6. The maximum Gasteiger partial charge on any atom is 0.138 e. The molecule has 6 rings (SSSR count). The number of H-pyrrole nitrogens is 1. The van der Waals surface area contributed by atoms with E-state index in [0.29, 0.717) is 0 Å². The molecule has 0 spiro atoms. The number of hydrogen-bond acceptors (Lipinski definition) is 3. The van der Waals surface area contributed by atoms with Crippen molar-refractivity contribution in [2.45, 2.75) is 6.92 Å². The summed E-state index contributed by atoms with van der Waals surface area (Å²) in [6.45, 7) is 6.59. The molecular weight excluding hydrogens is 428 g/mol. The Kier molecular flexibility index (Phi) is 5.59. The Labute approximate surface area is 206 Å². The molecule has 1 fully saturated rings. The van der Waals surface area contributed by atoms with Crippen LogP contribution in [0.2, 0.25) is 0 Å². The predicted molar refractivity (Wildman–Crippen MR) is 149 cm³/mol. The minimum absolute atomic E-state index is 0.931. The summed E-state index contributed by atoms with van der Waals surface area (Å²) in [4.78, 5) is 13.0. The lowest BCUT2D eigenvalue weighted by molar-refractivity contribution is 0.313. The highest BCUT2D eigenvalue weighted by Gasteiger charge is 2.15. The molecule has 2 aromatic heterocycles. The number of allylic oxidation sites excluding steroid dienone is 1. The molecule has 0 radical (unpaired) electrons. The maximum absolute atomic E-state index is 4.65. The van der Waals surface area contributed by atoms with Crippen LogP contribution in [0, 0.1) is 0 Å². The van der Waals surface area contributed by atoms with Crippen LogP contribution >= 0.6 is 0 Å². The molecule has 3 aromatic carbocycles. The molecule has 1 N–H and O–H groups in total. The zero-order valence-corrected chi connectivity index (χ0v) is 20.3. The highest BCUT2D eigenvalue weighted by molar-refractivity contribution is 6.12. The number of likely N-dealkylation sites (N-methyl/N-ethyl adjacent to an activating group) is 1. The lowest BCUT2D eigenvalue weighted by atomic mass is 9.98. The van der Waals surface area contributed by atoms with Crippen LogP contribution in [0.3, 0.4) is 0 Å². The Bertz CT molecular complexity index is 1510. The zero-order chi connectivity index (χ0) is 23.8. The molecule has 4 nitrogen and oxygen atoms in total. The molecule has 0 saturated carbocycles. The summed E-state index contributed by atoms with van der Waals surface area (Å²) in [7, 11) is 2.20. The Hall–Kier alpha value is -3.89. The number of hydrogen-bond donors (Lipinski definition) is 1. The standard InChI is InChI=1S/C31H30N4/c1-22(20-23-6-4-3-5-7-23)27-14-15-32-31-30(27)28-21-25(10-13-29(28)33-31)24-8-11-26(12-9-24)35-18-16-34(2)17-19-35/h3-15,20-21H,16-19H2,1-2H3,(H,32,33). The van der Waals surface area contributed by atoms with Crippen LogP contribution in [-0.2, 0) is 0 Å². The quantitative estimate of drug-likeness (QED) is 0.326. The predicted octanol–water partition coefficient (Wildman–Crippen LogP) is 6.70. The molecule has 0 unspecified atom stereocenters. The highest BCUT2D eigenvalue weighted by Crippen LogP contribution is 2.34. The van der Waals surface area contributed by atoms with E-state index in [1.165, 1.54) is 44.3 Å². The number of nitrogens with one attached hydrogen (secondary N) is 1. The molecule has 4 heteroatoms. The summed E-state index contributed by atoms with van der Waals surface area (Å²) < 4.78 is 0. The SMILES string of the molecule is CC(=Cc1ccccc1)c1ccnc2[nH]c3ccc(-c4ccc(N5CCN(C)CC5)cc4)cc3c12. The van der Waals surface area contributed by atoms with Gasteiger partial charge in [0.05, 0.1) is 0 Å². The molecule has 174 valence electrons. The third-order valence-electron chi connectivity index (χ3n) is 7.17. The summed E-state index contributed by atoms with van der Waals surface area (Å²) >= 11 is 0. The Balaban J connectivity index is 1.38. The van der Waals surface area contributed by atoms with Gasteiger partial charge in [-0.3, -0.25) is 0 Å². The van der Waals surface area contributed by atoms with Crippen molar-refractivity contribution in [3.05, 3.63) is 96.2 Å². The zero-order valence-electron chi connectivity index (χ0n) is 20.3. The summed E-state index contributed by atoms with van der Waals surface area (Å²) in [5.41, 5.74) is 9.47. The third-order valence-corrected chi connectivity index (χ3v) is 7.17. The highest BCUT2D eigenvalue weighted by atomic mass is 15.2. The number of aromatic nitrogens is 2. The van der Waals surface area contributed by atoms with Crippen LogP contribution in [0.4, 0.5) is 5.69 Å². The monoisotopic (exact) mass is 458 g/mol. The second kappa shape index (κ2) is 9.05. The van der Waals surface area contributed by atoms with Gasteiger partial charge in [0.2, 0.25) is 0 Å². The molecular formula is C31H30N4. The van der Waals surface area contributed by atoms with Crippen molar-refractivity contribution in [3.63, 3.8) is 0 Å². The molecule has 35 heavy (non-hydrogen) atoms. The Morgan fingerprint density at radius 2 is 1.60 bits per heavy atom. The van der Waals surface area contributed by atoms with E-state index >= 15 is 0 Å². The Morgan fingerprint density at radius 3 is 2.37 bits per heavy atom. The average Bonchev–Trinajstić information content (AvgIpc) is 3.28. The summed E-state index contributed by atoms with van der Waals surface area (Å²) in [5, 5.41) is 2.40. The fraction of sp³-hybridized carbons (Fsp3) is 0.194. The number of benzene rings is 3. The number of pyridine rings is 1. The van der Waals surface area contributed by atoms with E-state index in [9.17, 15) is 0 Å². The van der Waals surface area contributed by atoms with E-state index in [0.717, 1.165) is 37.3 Å². The fourth-order valence-corrected chi connectivity index (χ4v) is 5.13. The van der Waals surface area contributed by atoms with Crippen LogP contribution in [0.1, 0.15) is 18.1 Å². The van der Waals surface area contributed by atoms with Gasteiger partial charge < -0.3 is 14.8 Å². The number of aromatic amines is 1. The van der Waals surface area contributed by atoms with Gasteiger partial charge in [-0.05, 0) is 72.1 Å². The van der Waals surface area contributed by atoms with Crippen molar-refractivity contribution in [2.75, 3.05) is 38.1 Å². The van der Waals surface area contributed by atoms with Crippen molar-refractivity contribution >= 4 is 39.3 Å². The molecule has 0 aliphatic carbocycles. The fourth-order valence-electron chi connectivity index (χ4n) is 5.13. The molecule has 1 aliphatic rings. The van der Waals surface area contributed by atoms with E-state index in [4.69, 9.17) is 0 Å². The summed E-state index contributed by atoms with van der Waals surface area (Å²) in [6, 6.07) is 28.3. The van der Waals surface area contributed by atoms with E-state index in [2.05, 4.69) is 119 Å². The molecule has 0 bridgehead atoms. The van der Waals surface area contributed by atoms with Gasteiger partial charge in [0.15, 0.2) is 0 Å².